The van der Waals surface area contributed by atoms with Crippen molar-refractivity contribution in [1.82, 2.24) is 4.98 Å². The number of rotatable bonds is 3. The molecule has 1 aliphatic rings. The lowest BCUT2D eigenvalue weighted by atomic mass is 10.1. The maximum absolute atomic E-state index is 12.9. The normalized spacial score (nSPS) is 13.8. The number of hydrogen-bond acceptors (Lipinski definition) is 5. The van der Waals surface area contributed by atoms with Crippen molar-refractivity contribution < 1.29 is 17.9 Å². The highest BCUT2D eigenvalue weighted by molar-refractivity contribution is 7.90. The Morgan fingerprint density at radius 1 is 1.22 bits per heavy atom. The van der Waals surface area contributed by atoms with E-state index in [2.05, 4.69) is 4.98 Å². The van der Waals surface area contributed by atoms with E-state index in [1.165, 1.54) is 23.1 Å². The van der Waals surface area contributed by atoms with E-state index in [4.69, 9.17) is 4.74 Å². The zero-order chi connectivity index (χ0) is 16.6. The zero-order valence-corrected chi connectivity index (χ0v) is 13.6. The smallest absolute Gasteiger partial charge is 0.263 e. The number of nitrogens with zero attached hydrogens (tertiary/aromatic N) is 2. The number of pyridine rings is 1. The summed E-state index contributed by atoms with van der Waals surface area (Å²) in [6.45, 7) is 2.42. The molecular formula is C16H16N2O4S. The fourth-order valence-corrected chi connectivity index (χ4v) is 3.10. The summed E-state index contributed by atoms with van der Waals surface area (Å²) in [6, 6.07) is 7.77. The molecule has 0 saturated carbocycles. The Morgan fingerprint density at radius 2 is 2.00 bits per heavy atom. The molecule has 0 atom stereocenters. The van der Waals surface area contributed by atoms with Gasteiger partial charge in [-0.25, -0.2) is 13.4 Å². The number of benzene rings is 1. The minimum absolute atomic E-state index is 0.0866. The van der Waals surface area contributed by atoms with Gasteiger partial charge in [0.15, 0.2) is 21.4 Å². The Kier molecular flexibility index (Phi) is 3.81. The van der Waals surface area contributed by atoms with Crippen LogP contribution in [0.3, 0.4) is 0 Å². The molecule has 2 heterocycles. The third kappa shape index (κ3) is 2.79. The number of sulfone groups is 1. The van der Waals surface area contributed by atoms with Crippen molar-refractivity contribution in [2.45, 2.75) is 18.2 Å². The molecule has 2 aromatic rings. The van der Waals surface area contributed by atoms with Crippen LogP contribution in [0.5, 0.6) is 11.5 Å². The lowest BCUT2D eigenvalue weighted by Crippen LogP contribution is -2.31. The van der Waals surface area contributed by atoms with Gasteiger partial charge < -0.3 is 4.74 Å². The summed E-state index contributed by atoms with van der Waals surface area (Å²) in [5.74, 6) is 0.927. The van der Waals surface area contributed by atoms with Crippen LogP contribution < -0.4 is 9.64 Å². The number of ether oxygens (including phenoxy) is 1. The van der Waals surface area contributed by atoms with Crippen molar-refractivity contribution in [2.75, 3.05) is 17.7 Å². The van der Waals surface area contributed by atoms with Gasteiger partial charge in [0.25, 0.3) is 5.91 Å². The lowest BCUT2D eigenvalue weighted by Gasteiger charge is -2.19. The SMILES string of the molecule is CCCN1C(=O)c2cc(S(C)(=O)=O)ccc2Oc2cccnc21. The third-order valence-corrected chi connectivity index (χ3v) is 4.64. The summed E-state index contributed by atoms with van der Waals surface area (Å²) in [5, 5.41) is 0. The molecular weight excluding hydrogens is 316 g/mol. The number of anilines is 1. The Morgan fingerprint density at radius 3 is 2.70 bits per heavy atom. The van der Waals surface area contributed by atoms with Gasteiger partial charge in [-0.1, -0.05) is 6.92 Å². The number of fused-ring (bicyclic) bond motifs is 2. The van der Waals surface area contributed by atoms with E-state index in [0.717, 1.165) is 12.7 Å². The number of amides is 1. The second-order valence-corrected chi connectivity index (χ2v) is 7.33. The van der Waals surface area contributed by atoms with Gasteiger partial charge >= 0.3 is 0 Å². The molecule has 1 aromatic heterocycles. The van der Waals surface area contributed by atoms with E-state index in [-0.39, 0.29) is 16.4 Å². The maximum Gasteiger partial charge on any atom is 0.263 e. The first-order valence-electron chi connectivity index (χ1n) is 7.20. The second-order valence-electron chi connectivity index (χ2n) is 5.31. The van der Waals surface area contributed by atoms with Crippen molar-refractivity contribution in [1.29, 1.82) is 0 Å². The minimum atomic E-state index is -3.41. The first kappa shape index (κ1) is 15.5. The van der Waals surface area contributed by atoms with E-state index < -0.39 is 9.84 Å². The summed E-state index contributed by atoms with van der Waals surface area (Å²) < 4.78 is 29.3. The first-order chi connectivity index (χ1) is 10.9. The molecule has 23 heavy (non-hydrogen) atoms. The molecule has 0 spiro atoms. The summed E-state index contributed by atoms with van der Waals surface area (Å²) in [7, 11) is -3.41. The van der Waals surface area contributed by atoms with Gasteiger partial charge in [0, 0.05) is 19.0 Å². The molecule has 0 N–H and O–H groups in total. The first-order valence-corrected chi connectivity index (χ1v) is 9.10. The molecule has 1 amide bonds. The van der Waals surface area contributed by atoms with Crippen LogP contribution in [0, 0.1) is 0 Å². The maximum atomic E-state index is 12.9. The second kappa shape index (κ2) is 5.66. The van der Waals surface area contributed by atoms with Crippen molar-refractivity contribution in [3.05, 3.63) is 42.1 Å². The number of carbonyl (C=O) groups is 1. The predicted octanol–water partition coefficient (Wildman–Crippen LogP) is 2.65. The monoisotopic (exact) mass is 332 g/mol. The average molecular weight is 332 g/mol. The molecule has 6 nitrogen and oxygen atoms in total. The van der Waals surface area contributed by atoms with Crippen molar-refractivity contribution >= 4 is 21.6 Å². The molecule has 1 aromatic carbocycles. The van der Waals surface area contributed by atoms with Crippen LogP contribution in [-0.2, 0) is 9.84 Å². The van der Waals surface area contributed by atoms with E-state index >= 15 is 0 Å². The fraction of sp³-hybridized carbons (Fsp3) is 0.250. The van der Waals surface area contributed by atoms with Crippen LogP contribution in [0.2, 0.25) is 0 Å². The molecule has 0 unspecified atom stereocenters. The molecule has 1 aliphatic heterocycles. The lowest BCUT2D eigenvalue weighted by molar-refractivity contribution is 0.0986. The van der Waals surface area contributed by atoms with Gasteiger partial charge in [-0.3, -0.25) is 9.69 Å². The van der Waals surface area contributed by atoms with Gasteiger partial charge in [0.1, 0.15) is 5.75 Å². The number of hydrogen-bond donors (Lipinski definition) is 0. The Hall–Kier alpha value is -2.41. The van der Waals surface area contributed by atoms with Crippen molar-refractivity contribution in [3.63, 3.8) is 0 Å². The van der Waals surface area contributed by atoms with E-state index in [1.807, 2.05) is 6.92 Å². The summed E-state index contributed by atoms with van der Waals surface area (Å²) in [4.78, 5) is 18.7. The number of aromatic nitrogens is 1. The van der Waals surface area contributed by atoms with Crippen LogP contribution in [0.15, 0.2) is 41.4 Å². The highest BCUT2D eigenvalue weighted by Crippen LogP contribution is 2.38. The molecule has 0 fully saturated rings. The molecule has 0 radical (unpaired) electrons. The van der Waals surface area contributed by atoms with Gasteiger partial charge in [-0.15, -0.1) is 0 Å². The summed E-state index contributed by atoms with van der Waals surface area (Å²) >= 11 is 0. The molecule has 120 valence electrons. The van der Waals surface area contributed by atoms with Gasteiger partial charge in [0.05, 0.1) is 10.5 Å². The van der Waals surface area contributed by atoms with E-state index in [1.54, 1.807) is 18.3 Å². The van der Waals surface area contributed by atoms with E-state index in [0.29, 0.717) is 23.9 Å². The highest BCUT2D eigenvalue weighted by atomic mass is 32.2. The average Bonchev–Trinajstić information content (AvgIpc) is 2.62. The van der Waals surface area contributed by atoms with Crippen LogP contribution in [-0.4, -0.2) is 32.1 Å². The largest absolute Gasteiger partial charge is 0.453 e. The van der Waals surface area contributed by atoms with Crippen LogP contribution in [0.1, 0.15) is 23.7 Å². The van der Waals surface area contributed by atoms with Gasteiger partial charge in [0.2, 0.25) is 0 Å². The molecule has 3 rings (SSSR count). The quantitative estimate of drug-likeness (QED) is 0.863. The zero-order valence-electron chi connectivity index (χ0n) is 12.8. The topological polar surface area (TPSA) is 76.6 Å². The van der Waals surface area contributed by atoms with Gasteiger partial charge in [-0.05, 0) is 36.8 Å². The molecule has 7 heteroatoms. The van der Waals surface area contributed by atoms with Crippen LogP contribution >= 0.6 is 0 Å². The summed E-state index contributed by atoms with van der Waals surface area (Å²) in [6.07, 6.45) is 3.44. The predicted molar refractivity (Wildman–Crippen MR) is 85.8 cm³/mol. The summed E-state index contributed by atoms with van der Waals surface area (Å²) in [5.41, 5.74) is 0.222. The Balaban J connectivity index is 2.20. The standard InChI is InChI=1S/C16H16N2O4S/c1-3-9-18-15-14(5-4-8-17-15)22-13-7-6-11(23(2,20)21)10-12(13)16(18)19/h4-8,10H,3,9H2,1-2H3. The van der Waals surface area contributed by atoms with Crippen molar-refractivity contribution in [3.8, 4) is 11.5 Å². The van der Waals surface area contributed by atoms with E-state index in [9.17, 15) is 13.2 Å². The van der Waals surface area contributed by atoms with Gasteiger partial charge in [-0.2, -0.15) is 0 Å². The highest BCUT2D eigenvalue weighted by Gasteiger charge is 2.29. The minimum Gasteiger partial charge on any atom is -0.453 e. The fourth-order valence-electron chi connectivity index (χ4n) is 2.45. The molecule has 0 saturated heterocycles. The molecule has 0 aliphatic carbocycles. The third-order valence-electron chi connectivity index (χ3n) is 3.53. The van der Waals surface area contributed by atoms with Crippen molar-refractivity contribution in [2.24, 2.45) is 0 Å². The number of carbonyl (C=O) groups excluding carboxylic acids is 1. The molecule has 0 bridgehead atoms. The Labute approximate surface area is 134 Å². The van der Waals surface area contributed by atoms with Crippen LogP contribution in [0.25, 0.3) is 0 Å². The Bertz CT molecular complexity index is 877. The van der Waals surface area contributed by atoms with Crippen LogP contribution in [0.4, 0.5) is 5.82 Å².